The molecular formula is C18H16N2O. The van der Waals surface area contributed by atoms with E-state index in [1.54, 1.807) is 12.4 Å². The molecule has 2 aromatic carbocycles. The maximum absolute atomic E-state index is 10.3. The fourth-order valence-electron chi connectivity index (χ4n) is 2.18. The normalized spacial score (nSPS) is 12.1. The number of aryl methyl sites for hydroxylation is 1. The van der Waals surface area contributed by atoms with Crippen LogP contribution in [0.5, 0.6) is 0 Å². The summed E-state index contributed by atoms with van der Waals surface area (Å²) in [5.41, 5.74) is 4.05. The molecule has 3 nitrogen and oxygen atoms in total. The molecule has 0 bridgehead atoms. The van der Waals surface area contributed by atoms with Gasteiger partial charge in [0.15, 0.2) is 5.82 Å². The van der Waals surface area contributed by atoms with E-state index >= 15 is 0 Å². The lowest BCUT2D eigenvalue weighted by Gasteiger charge is -2.10. The van der Waals surface area contributed by atoms with Gasteiger partial charge in [0.25, 0.3) is 0 Å². The van der Waals surface area contributed by atoms with Crippen LogP contribution in [-0.2, 0) is 0 Å². The molecule has 3 rings (SSSR count). The van der Waals surface area contributed by atoms with E-state index in [0.29, 0.717) is 5.82 Å². The average molecular weight is 276 g/mol. The number of rotatable bonds is 3. The summed E-state index contributed by atoms with van der Waals surface area (Å²) in [6.45, 7) is 1.92. The summed E-state index contributed by atoms with van der Waals surface area (Å²) in [7, 11) is 0. The Labute approximate surface area is 124 Å². The van der Waals surface area contributed by atoms with Crippen molar-refractivity contribution in [2.24, 2.45) is 0 Å². The quantitative estimate of drug-likeness (QED) is 0.796. The third kappa shape index (κ3) is 2.98. The standard InChI is InChI=1S/C18H16N2O/c1-13-11-19-18(20-12-13)17(21)16-9-7-15(8-10-16)14-5-3-2-4-6-14/h2-12,17,21H,1H3. The molecule has 21 heavy (non-hydrogen) atoms. The second-order valence-corrected chi connectivity index (χ2v) is 5.01. The number of benzene rings is 2. The van der Waals surface area contributed by atoms with Crippen LogP contribution < -0.4 is 0 Å². The van der Waals surface area contributed by atoms with Gasteiger partial charge in [-0.15, -0.1) is 0 Å². The molecule has 0 aliphatic heterocycles. The first-order chi connectivity index (χ1) is 10.2. The van der Waals surface area contributed by atoms with Crippen LogP contribution in [0.25, 0.3) is 11.1 Å². The topological polar surface area (TPSA) is 46.0 Å². The highest BCUT2D eigenvalue weighted by Gasteiger charge is 2.13. The first-order valence-corrected chi connectivity index (χ1v) is 6.86. The molecule has 0 amide bonds. The van der Waals surface area contributed by atoms with Gasteiger partial charge in [0.05, 0.1) is 0 Å². The van der Waals surface area contributed by atoms with Crippen molar-refractivity contribution in [2.75, 3.05) is 0 Å². The molecule has 0 radical (unpaired) electrons. The maximum atomic E-state index is 10.3. The molecule has 3 heteroatoms. The minimum Gasteiger partial charge on any atom is -0.380 e. The summed E-state index contributed by atoms with van der Waals surface area (Å²) in [6.07, 6.45) is 2.63. The third-order valence-corrected chi connectivity index (χ3v) is 3.38. The van der Waals surface area contributed by atoms with Gasteiger partial charge in [0.2, 0.25) is 0 Å². The first-order valence-electron chi connectivity index (χ1n) is 6.86. The zero-order valence-electron chi connectivity index (χ0n) is 11.8. The van der Waals surface area contributed by atoms with E-state index in [0.717, 1.165) is 22.3 Å². The third-order valence-electron chi connectivity index (χ3n) is 3.38. The van der Waals surface area contributed by atoms with Crippen molar-refractivity contribution in [3.8, 4) is 11.1 Å². The van der Waals surface area contributed by atoms with Crippen LogP contribution in [0.15, 0.2) is 67.0 Å². The predicted octanol–water partition coefficient (Wildman–Crippen LogP) is 3.53. The molecule has 1 unspecified atom stereocenters. The number of hydrogen-bond donors (Lipinski definition) is 1. The Bertz CT molecular complexity index is 706. The van der Waals surface area contributed by atoms with Gasteiger partial charge in [0, 0.05) is 12.4 Å². The Kier molecular flexibility index (Phi) is 3.75. The van der Waals surface area contributed by atoms with Crippen LogP contribution >= 0.6 is 0 Å². The van der Waals surface area contributed by atoms with Crippen LogP contribution in [0.2, 0.25) is 0 Å². The molecule has 1 aromatic heterocycles. The average Bonchev–Trinajstić information content (AvgIpc) is 2.56. The lowest BCUT2D eigenvalue weighted by molar-refractivity contribution is 0.210. The fourth-order valence-corrected chi connectivity index (χ4v) is 2.18. The second kappa shape index (κ2) is 5.85. The first kappa shape index (κ1) is 13.5. The number of aromatic nitrogens is 2. The molecule has 0 fully saturated rings. The van der Waals surface area contributed by atoms with Gasteiger partial charge in [-0.2, -0.15) is 0 Å². The van der Waals surface area contributed by atoms with E-state index in [1.165, 1.54) is 0 Å². The molecule has 3 aromatic rings. The molecule has 1 heterocycles. The van der Waals surface area contributed by atoms with Crippen LogP contribution in [0.3, 0.4) is 0 Å². The van der Waals surface area contributed by atoms with E-state index in [-0.39, 0.29) is 0 Å². The van der Waals surface area contributed by atoms with Crippen molar-refractivity contribution in [3.63, 3.8) is 0 Å². The lowest BCUT2D eigenvalue weighted by atomic mass is 10.0. The van der Waals surface area contributed by atoms with Crippen molar-refractivity contribution in [1.29, 1.82) is 0 Å². The molecule has 0 aliphatic carbocycles. The zero-order valence-corrected chi connectivity index (χ0v) is 11.8. The molecule has 104 valence electrons. The molecule has 0 saturated carbocycles. The van der Waals surface area contributed by atoms with Crippen LogP contribution in [0.4, 0.5) is 0 Å². The fraction of sp³-hybridized carbons (Fsp3) is 0.111. The lowest BCUT2D eigenvalue weighted by Crippen LogP contribution is -2.05. The van der Waals surface area contributed by atoms with E-state index in [4.69, 9.17) is 0 Å². The van der Waals surface area contributed by atoms with E-state index in [1.807, 2.05) is 49.4 Å². The summed E-state index contributed by atoms with van der Waals surface area (Å²) in [5.74, 6) is 0.424. The number of aliphatic hydroxyl groups is 1. The predicted molar refractivity (Wildman–Crippen MR) is 82.7 cm³/mol. The number of hydrogen-bond acceptors (Lipinski definition) is 3. The van der Waals surface area contributed by atoms with Crippen molar-refractivity contribution >= 4 is 0 Å². The van der Waals surface area contributed by atoms with Gasteiger partial charge >= 0.3 is 0 Å². The summed E-state index contributed by atoms with van der Waals surface area (Å²) in [6, 6.07) is 18.0. The van der Waals surface area contributed by atoms with Crippen LogP contribution in [-0.4, -0.2) is 15.1 Å². The molecule has 0 aliphatic rings. The Balaban J connectivity index is 1.85. The Morgan fingerprint density at radius 2 is 1.38 bits per heavy atom. The molecule has 1 atom stereocenters. The molecule has 1 N–H and O–H groups in total. The van der Waals surface area contributed by atoms with Crippen molar-refractivity contribution < 1.29 is 5.11 Å². The minimum absolute atomic E-state index is 0.424. The highest BCUT2D eigenvalue weighted by atomic mass is 16.3. The van der Waals surface area contributed by atoms with Gasteiger partial charge in [-0.3, -0.25) is 0 Å². The Morgan fingerprint density at radius 3 is 2.00 bits per heavy atom. The van der Waals surface area contributed by atoms with Crippen molar-refractivity contribution in [3.05, 3.63) is 83.9 Å². The SMILES string of the molecule is Cc1cnc(C(O)c2ccc(-c3ccccc3)cc2)nc1. The zero-order chi connectivity index (χ0) is 14.7. The van der Waals surface area contributed by atoms with E-state index < -0.39 is 6.10 Å². The Hall–Kier alpha value is -2.52. The van der Waals surface area contributed by atoms with E-state index in [9.17, 15) is 5.11 Å². The van der Waals surface area contributed by atoms with Gasteiger partial charge in [0.1, 0.15) is 6.10 Å². The molecule has 0 spiro atoms. The monoisotopic (exact) mass is 276 g/mol. The molecular weight excluding hydrogens is 260 g/mol. The van der Waals surface area contributed by atoms with Crippen LogP contribution in [0.1, 0.15) is 23.1 Å². The summed E-state index contributed by atoms with van der Waals surface area (Å²) >= 11 is 0. The maximum Gasteiger partial charge on any atom is 0.161 e. The smallest absolute Gasteiger partial charge is 0.161 e. The molecule has 0 saturated heterocycles. The summed E-state index contributed by atoms with van der Waals surface area (Å²) in [5, 5.41) is 10.3. The van der Waals surface area contributed by atoms with Crippen molar-refractivity contribution in [2.45, 2.75) is 13.0 Å². The van der Waals surface area contributed by atoms with Gasteiger partial charge in [-0.1, -0.05) is 54.6 Å². The summed E-state index contributed by atoms with van der Waals surface area (Å²) in [4.78, 5) is 8.35. The van der Waals surface area contributed by atoms with Gasteiger partial charge in [-0.25, -0.2) is 9.97 Å². The van der Waals surface area contributed by atoms with Crippen LogP contribution in [0, 0.1) is 6.92 Å². The summed E-state index contributed by atoms with van der Waals surface area (Å²) < 4.78 is 0. The van der Waals surface area contributed by atoms with Gasteiger partial charge < -0.3 is 5.11 Å². The highest BCUT2D eigenvalue weighted by Crippen LogP contribution is 2.23. The van der Waals surface area contributed by atoms with Crippen molar-refractivity contribution in [1.82, 2.24) is 9.97 Å². The largest absolute Gasteiger partial charge is 0.380 e. The minimum atomic E-state index is -0.796. The Morgan fingerprint density at radius 1 is 0.810 bits per heavy atom. The second-order valence-electron chi connectivity index (χ2n) is 5.01. The number of nitrogens with zero attached hydrogens (tertiary/aromatic N) is 2. The highest BCUT2D eigenvalue weighted by molar-refractivity contribution is 5.63. The van der Waals surface area contributed by atoms with E-state index in [2.05, 4.69) is 22.1 Å². The van der Waals surface area contributed by atoms with Gasteiger partial charge in [-0.05, 0) is 29.2 Å². The number of aliphatic hydroxyl groups excluding tert-OH is 1.